The molecule has 0 saturated heterocycles. The molecule has 0 amide bonds. The molecule has 1 aliphatic carbocycles. The van der Waals surface area contributed by atoms with E-state index in [9.17, 15) is 0 Å². The Kier molecular flexibility index (Phi) is 2.36. The topological polar surface area (TPSA) is 37.8 Å². The molecule has 0 aliphatic heterocycles. The molecule has 4 heteroatoms. The molecule has 1 N–H and O–H groups in total. The van der Waals surface area contributed by atoms with Gasteiger partial charge >= 0.3 is 0 Å². The monoisotopic (exact) mass is 197 g/mol. The lowest BCUT2D eigenvalue weighted by atomic mass is 10.3. The standard InChI is InChI=1S/C9H12ClN3/c1-6-4-12-9(10)13-8(6)11-5-7-2-3-7/h4,7H,2-3,5H2,1H3,(H,11,12,13). The number of aryl methyl sites for hydroxylation is 1. The van der Waals surface area contributed by atoms with Crippen LogP contribution in [-0.2, 0) is 0 Å². The van der Waals surface area contributed by atoms with Gasteiger partial charge in [-0.1, -0.05) is 0 Å². The van der Waals surface area contributed by atoms with Crippen molar-refractivity contribution >= 4 is 17.4 Å². The maximum absolute atomic E-state index is 5.69. The number of anilines is 1. The molecular formula is C9H12ClN3. The molecule has 2 rings (SSSR count). The van der Waals surface area contributed by atoms with E-state index in [2.05, 4.69) is 15.3 Å². The van der Waals surface area contributed by atoms with Crippen LogP contribution in [0.15, 0.2) is 6.20 Å². The van der Waals surface area contributed by atoms with E-state index in [4.69, 9.17) is 11.6 Å². The number of nitrogens with one attached hydrogen (secondary N) is 1. The first kappa shape index (κ1) is 8.75. The Hall–Kier alpha value is -0.830. The third-order valence-corrected chi connectivity index (χ3v) is 2.38. The second-order valence-electron chi connectivity index (χ2n) is 3.49. The minimum Gasteiger partial charge on any atom is -0.369 e. The summed E-state index contributed by atoms with van der Waals surface area (Å²) in [4.78, 5) is 8.01. The van der Waals surface area contributed by atoms with Gasteiger partial charge in [-0.15, -0.1) is 0 Å². The third-order valence-electron chi connectivity index (χ3n) is 2.20. The Morgan fingerprint density at radius 1 is 1.62 bits per heavy atom. The maximum Gasteiger partial charge on any atom is 0.224 e. The largest absolute Gasteiger partial charge is 0.369 e. The van der Waals surface area contributed by atoms with Crippen molar-refractivity contribution < 1.29 is 0 Å². The van der Waals surface area contributed by atoms with Crippen molar-refractivity contribution in [1.82, 2.24) is 9.97 Å². The zero-order valence-electron chi connectivity index (χ0n) is 7.55. The quantitative estimate of drug-likeness (QED) is 0.756. The highest BCUT2D eigenvalue weighted by atomic mass is 35.5. The minimum atomic E-state index is 0.309. The molecular weight excluding hydrogens is 186 g/mol. The number of hydrogen-bond donors (Lipinski definition) is 1. The van der Waals surface area contributed by atoms with E-state index in [1.54, 1.807) is 6.20 Å². The maximum atomic E-state index is 5.69. The SMILES string of the molecule is Cc1cnc(Cl)nc1NCC1CC1. The number of nitrogens with zero attached hydrogens (tertiary/aromatic N) is 2. The molecule has 1 fully saturated rings. The Morgan fingerprint density at radius 2 is 2.38 bits per heavy atom. The van der Waals surface area contributed by atoms with E-state index in [0.717, 1.165) is 23.8 Å². The first-order valence-corrected chi connectivity index (χ1v) is 4.86. The van der Waals surface area contributed by atoms with Crippen LogP contribution in [0.1, 0.15) is 18.4 Å². The van der Waals surface area contributed by atoms with E-state index in [0.29, 0.717) is 5.28 Å². The Bertz CT molecular complexity index is 310. The first-order chi connectivity index (χ1) is 6.25. The van der Waals surface area contributed by atoms with E-state index in [-0.39, 0.29) is 0 Å². The lowest BCUT2D eigenvalue weighted by molar-refractivity contribution is 0.878. The molecule has 13 heavy (non-hydrogen) atoms. The van der Waals surface area contributed by atoms with Gasteiger partial charge in [-0.2, -0.15) is 0 Å². The zero-order chi connectivity index (χ0) is 9.26. The predicted molar refractivity (Wildman–Crippen MR) is 53.0 cm³/mol. The summed E-state index contributed by atoms with van der Waals surface area (Å²) in [7, 11) is 0. The van der Waals surface area contributed by atoms with E-state index in [1.165, 1.54) is 12.8 Å². The molecule has 0 aromatic carbocycles. The average Bonchev–Trinajstić information content (AvgIpc) is 2.90. The van der Waals surface area contributed by atoms with Crippen LogP contribution < -0.4 is 5.32 Å². The second kappa shape index (κ2) is 3.50. The fraction of sp³-hybridized carbons (Fsp3) is 0.556. The van der Waals surface area contributed by atoms with Crippen LogP contribution in [0, 0.1) is 12.8 Å². The summed E-state index contributed by atoms with van der Waals surface area (Å²) in [6.45, 7) is 2.99. The van der Waals surface area contributed by atoms with Crippen LogP contribution in [0.2, 0.25) is 5.28 Å². The van der Waals surface area contributed by atoms with Crippen LogP contribution in [0.4, 0.5) is 5.82 Å². The van der Waals surface area contributed by atoms with Crippen LogP contribution >= 0.6 is 11.6 Å². The van der Waals surface area contributed by atoms with Gasteiger partial charge in [0.25, 0.3) is 0 Å². The summed E-state index contributed by atoms with van der Waals surface area (Å²) in [5.41, 5.74) is 1.05. The van der Waals surface area contributed by atoms with Crippen molar-refractivity contribution in [2.45, 2.75) is 19.8 Å². The van der Waals surface area contributed by atoms with E-state index in [1.807, 2.05) is 6.92 Å². The lowest BCUT2D eigenvalue weighted by Crippen LogP contribution is -2.07. The Labute approximate surface area is 82.5 Å². The zero-order valence-corrected chi connectivity index (χ0v) is 8.30. The smallest absolute Gasteiger partial charge is 0.224 e. The van der Waals surface area contributed by atoms with Gasteiger partial charge < -0.3 is 5.32 Å². The number of aromatic nitrogens is 2. The van der Waals surface area contributed by atoms with Crippen molar-refractivity contribution in [3.8, 4) is 0 Å². The van der Waals surface area contributed by atoms with E-state index >= 15 is 0 Å². The first-order valence-electron chi connectivity index (χ1n) is 4.48. The molecule has 0 bridgehead atoms. The highest BCUT2D eigenvalue weighted by Gasteiger charge is 2.21. The molecule has 0 unspecified atom stereocenters. The number of halogens is 1. The van der Waals surface area contributed by atoms with Gasteiger partial charge in [-0.05, 0) is 37.3 Å². The van der Waals surface area contributed by atoms with Crippen LogP contribution in [0.5, 0.6) is 0 Å². The van der Waals surface area contributed by atoms with Crippen LogP contribution in [0.3, 0.4) is 0 Å². The van der Waals surface area contributed by atoms with Crippen molar-refractivity contribution in [1.29, 1.82) is 0 Å². The summed E-state index contributed by atoms with van der Waals surface area (Å²) < 4.78 is 0. The Morgan fingerprint density at radius 3 is 3.08 bits per heavy atom. The third kappa shape index (κ3) is 2.31. The normalized spacial score (nSPS) is 15.8. The predicted octanol–water partition coefficient (Wildman–Crippen LogP) is 2.26. The Balaban J connectivity index is 2.03. The minimum absolute atomic E-state index is 0.309. The van der Waals surface area contributed by atoms with Gasteiger partial charge in [0, 0.05) is 18.3 Å². The lowest BCUT2D eigenvalue weighted by Gasteiger charge is -2.06. The van der Waals surface area contributed by atoms with Gasteiger partial charge in [0.05, 0.1) is 0 Å². The van der Waals surface area contributed by atoms with Crippen molar-refractivity contribution in [3.05, 3.63) is 17.0 Å². The molecule has 3 nitrogen and oxygen atoms in total. The average molecular weight is 198 g/mol. The molecule has 70 valence electrons. The van der Waals surface area contributed by atoms with Crippen LogP contribution in [-0.4, -0.2) is 16.5 Å². The van der Waals surface area contributed by atoms with Gasteiger partial charge in [0.1, 0.15) is 5.82 Å². The molecule has 1 heterocycles. The second-order valence-corrected chi connectivity index (χ2v) is 3.83. The van der Waals surface area contributed by atoms with Gasteiger partial charge in [0.2, 0.25) is 5.28 Å². The molecule has 1 aromatic heterocycles. The van der Waals surface area contributed by atoms with Crippen molar-refractivity contribution in [3.63, 3.8) is 0 Å². The summed E-state index contributed by atoms with van der Waals surface area (Å²) in [6, 6.07) is 0. The fourth-order valence-electron chi connectivity index (χ4n) is 1.16. The van der Waals surface area contributed by atoms with Crippen LogP contribution in [0.25, 0.3) is 0 Å². The fourth-order valence-corrected chi connectivity index (χ4v) is 1.30. The van der Waals surface area contributed by atoms with Gasteiger partial charge in [0.15, 0.2) is 0 Å². The highest BCUT2D eigenvalue weighted by molar-refractivity contribution is 6.28. The van der Waals surface area contributed by atoms with E-state index < -0.39 is 0 Å². The molecule has 0 atom stereocenters. The molecule has 0 spiro atoms. The highest BCUT2D eigenvalue weighted by Crippen LogP contribution is 2.29. The van der Waals surface area contributed by atoms with Crippen molar-refractivity contribution in [2.24, 2.45) is 5.92 Å². The number of rotatable bonds is 3. The van der Waals surface area contributed by atoms with Gasteiger partial charge in [-0.3, -0.25) is 0 Å². The van der Waals surface area contributed by atoms with Crippen molar-refractivity contribution in [2.75, 3.05) is 11.9 Å². The molecule has 1 aromatic rings. The summed E-state index contributed by atoms with van der Waals surface area (Å²) in [5.74, 6) is 1.71. The molecule has 1 saturated carbocycles. The molecule has 0 radical (unpaired) electrons. The van der Waals surface area contributed by atoms with Gasteiger partial charge in [-0.25, -0.2) is 9.97 Å². The number of hydrogen-bond acceptors (Lipinski definition) is 3. The summed E-state index contributed by atoms with van der Waals surface area (Å²) in [5, 5.41) is 3.59. The molecule has 1 aliphatic rings. The summed E-state index contributed by atoms with van der Waals surface area (Å²) in [6.07, 6.45) is 4.42. The summed E-state index contributed by atoms with van der Waals surface area (Å²) >= 11 is 5.69.